The second kappa shape index (κ2) is 6.51. The average molecular weight is 315 g/mol. The molecule has 0 spiro atoms. The molecule has 23 heavy (non-hydrogen) atoms. The van der Waals surface area contributed by atoms with Gasteiger partial charge in [-0.15, -0.1) is 0 Å². The number of aryl methyl sites for hydroxylation is 1. The molecule has 1 unspecified atom stereocenters. The van der Waals surface area contributed by atoms with Gasteiger partial charge in [0, 0.05) is 23.7 Å². The van der Waals surface area contributed by atoms with E-state index >= 15 is 0 Å². The van der Waals surface area contributed by atoms with Gasteiger partial charge >= 0.3 is 5.97 Å². The summed E-state index contributed by atoms with van der Waals surface area (Å²) in [4.78, 5) is 46.5. The van der Waals surface area contributed by atoms with E-state index in [0.717, 1.165) is 0 Å². The smallest absolute Gasteiger partial charge is 0.359 e. The largest absolute Gasteiger partial charge is 0.449 e. The van der Waals surface area contributed by atoms with Crippen molar-refractivity contribution in [3.63, 3.8) is 0 Å². The molecular formula is C16H17N3O4. The molecule has 120 valence electrons. The Labute approximate surface area is 133 Å². The number of H-pyrrole nitrogens is 1. The molecule has 0 aliphatic carbocycles. The van der Waals surface area contributed by atoms with Crippen LogP contribution in [-0.2, 0) is 4.74 Å². The van der Waals surface area contributed by atoms with Crippen molar-refractivity contribution in [1.82, 2.24) is 15.0 Å². The lowest BCUT2D eigenvalue weighted by atomic mass is 10.0. The Balaban J connectivity index is 2.19. The maximum Gasteiger partial charge on any atom is 0.359 e. The lowest BCUT2D eigenvalue weighted by Crippen LogP contribution is -2.25. The Morgan fingerprint density at radius 3 is 2.43 bits per heavy atom. The molecule has 1 atom stereocenters. The Bertz CT molecular complexity index is 765. The molecule has 0 saturated carbocycles. The standard InChI is InChI=1S/C16H17N3O4/c1-8-13(10(3)20)9(2)19-14(8)15(21)11(4)23-16(22)12-7-17-5-6-18-12/h5-7,11,19H,1-4H3. The van der Waals surface area contributed by atoms with Crippen molar-refractivity contribution in [3.05, 3.63) is 46.8 Å². The van der Waals surface area contributed by atoms with Gasteiger partial charge in [0.1, 0.15) is 0 Å². The highest BCUT2D eigenvalue weighted by Crippen LogP contribution is 2.20. The fourth-order valence-corrected chi connectivity index (χ4v) is 2.41. The third-order valence-electron chi connectivity index (χ3n) is 3.46. The van der Waals surface area contributed by atoms with E-state index in [1.807, 2.05) is 0 Å². The molecule has 0 aliphatic rings. The number of rotatable bonds is 5. The number of Topliss-reactive ketones (excluding diaryl/α,β-unsaturated/α-hetero) is 2. The SMILES string of the molecule is CC(=O)c1c(C)[nH]c(C(=O)C(C)OC(=O)c2cnccn2)c1C. The zero-order chi connectivity index (χ0) is 17.1. The van der Waals surface area contributed by atoms with Gasteiger partial charge in [-0.2, -0.15) is 0 Å². The summed E-state index contributed by atoms with van der Waals surface area (Å²) < 4.78 is 5.12. The Kier molecular flexibility index (Phi) is 4.68. The van der Waals surface area contributed by atoms with Gasteiger partial charge in [0.25, 0.3) is 0 Å². The average Bonchev–Trinajstić information content (AvgIpc) is 2.82. The highest BCUT2D eigenvalue weighted by molar-refractivity contribution is 6.05. The third kappa shape index (κ3) is 3.33. The molecule has 0 aromatic carbocycles. The Hall–Kier alpha value is -2.83. The van der Waals surface area contributed by atoms with Gasteiger partial charge in [-0.05, 0) is 33.3 Å². The lowest BCUT2D eigenvalue weighted by Gasteiger charge is -2.11. The maximum atomic E-state index is 12.5. The number of hydrogen-bond donors (Lipinski definition) is 1. The van der Waals surface area contributed by atoms with Gasteiger partial charge in [0.15, 0.2) is 17.6 Å². The summed E-state index contributed by atoms with van der Waals surface area (Å²) >= 11 is 0. The number of nitrogens with one attached hydrogen (secondary N) is 1. The van der Waals surface area contributed by atoms with Crippen molar-refractivity contribution in [2.75, 3.05) is 0 Å². The molecule has 2 aromatic rings. The van der Waals surface area contributed by atoms with Crippen LogP contribution < -0.4 is 0 Å². The first-order valence-electron chi connectivity index (χ1n) is 7.04. The minimum absolute atomic E-state index is 0.0240. The maximum absolute atomic E-state index is 12.5. The van der Waals surface area contributed by atoms with Crippen molar-refractivity contribution in [2.45, 2.75) is 33.8 Å². The third-order valence-corrected chi connectivity index (χ3v) is 3.46. The summed E-state index contributed by atoms with van der Waals surface area (Å²) in [5.74, 6) is -1.26. The number of hydrogen-bond acceptors (Lipinski definition) is 6. The Morgan fingerprint density at radius 1 is 1.22 bits per heavy atom. The van der Waals surface area contributed by atoms with E-state index in [-0.39, 0.29) is 17.2 Å². The second-order valence-electron chi connectivity index (χ2n) is 5.18. The summed E-state index contributed by atoms with van der Waals surface area (Å²) in [6, 6.07) is 0. The van der Waals surface area contributed by atoms with E-state index < -0.39 is 17.9 Å². The van der Waals surface area contributed by atoms with E-state index in [9.17, 15) is 14.4 Å². The monoisotopic (exact) mass is 315 g/mol. The van der Waals surface area contributed by atoms with Crippen LogP contribution in [0.2, 0.25) is 0 Å². The highest BCUT2D eigenvalue weighted by atomic mass is 16.5. The van der Waals surface area contributed by atoms with Crippen LogP contribution in [0, 0.1) is 13.8 Å². The van der Waals surface area contributed by atoms with Gasteiger partial charge in [0.2, 0.25) is 5.78 Å². The van der Waals surface area contributed by atoms with Gasteiger partial charge < -0.3 is 9.72 Å². The lowest BCUT2D eigenvalue weighted by molar-refractivity contribution is 0.0310. The molecule has 7 nitrogen and oxygen atoms in total. The van der Waals surface area contributed by atoms with Gasteiger partial charge in [-0.1, -0.05) is 0 Å². The van der Waals surface area contributed by atoms with Crippen molar-refractivity contribution < 1.29 is 19.1 Å². The predicted octanol–water partition coefficient (Wildman–Crippen LogP) is 2.05. The van der Waals surface area contributed by atoms with Crippen LogP contribution in [0.25, 0.3) is 0 Å². The number of esters is 1. The molecule has 2 heterocycles. The van der Waals surface area contributed by atoms with E-state index in [1.54, 1.807) is 13.8 Å². The molecule has 2 aromatic heterocycles. The first-order chi connectivity index (χ1) is 10.8. The molecule has 2 rings (SSSR count). The van der Waals surface area contributed by atoms with Gasteiger partial charge in [0.05, 0.1) is 11.9 Å². The van der Waals surface area contributed by atoms with Crippen LogP contribution in [-0.4, -0.2) is 38.6 Å². The molecule has 0 bridgehead atoms. The number of aromatic amines is 1. The molecule has 7 heteroatoms. The predicted molar refractivity (Wildman–Crippen MR) is 81.5 cm³/mol. The number of ketones is 2. The number of carbonyl (C=O) groups is 3. The fraction of sp³-hybridized carbons (Fsp3) is 0.312. The number of ether oxygens (including phenoxy) is 1. The number of aromatic nitrogens is 3. The van der Waals surface area contributed by atoms with E-state index in [1.165, 1.54) is 32.4 Å². The van der Waals surface area contributed by atoms with Crippen LogP contribution in [0.1, 0.15) is 56.4 Å². The zero-order valence-electron chi connectivity index (χ0n) is 13.3. The molecule has 0 fully saturated rings. The summed E-state index contributed by atoms with van der Waals surface area (Å²) in [6.07, 6.45) is 3.04. The molecule has 0 saturated heterocycles. The van der Waals surface area contributed by atoms with Crippen molar-refractivity contribution in [1.29, 1.82) is 0 Å². The zero-order valence-corrected chi connectivity index (χ0v) is 13.3. The van der Waals surface area contributed by atoms with E-state index in [4.69, 9.17) is 4.74 Å². The summed E-state index contributed by atoms with van der Waals surface area (Å²) in [5, 5.41) is 0. The molecular weight excluding hydrogens is 298 g/mol. The van der Waals surface area contributed by atoms with Crippen molar-refractivity contribution in [2.24, 2.45) is 0 Å². The van der Waals surface area contributed by atoms with Crippen molar-refractivity contribution >= 4 is 17.5 Å². The number of nitrogens with zero attached hydrogens (tertiary/aromatic N) is 2. The summed E-state index contributed by atoms with van der Waals surface area (Å²) in [7, 11) is 0. The van der Waals surface area contributed by atoms with Crippen LogP contribution in [0.4, 0.5) is 0 Å². The van der Waals surface area contributed by atoms with Crippen LogP contribution >= 0.6 is 0 Å². The van der Waals surface area contributed by atoms with Crippen molar-refractivity contribution in [3.8, 4) is 0 Å². The fourth-order valence-electron chi connectivity index (χ4n) is 2.41. The van der Waals surface area contributed by atoms with Crippen LogP contribution in [0.15, 0.2) is 18.6 Å². The summed E-state index contributed by atoms with van der Waals surface area (Å²) in [6.45, 7) is 6.32. The quantitative estimate of drug-likeness (QED) is 0.669. The molecule has 0 amide bonds. The normalized spacial score (nSPS) is 11.8. The number of carbonyl (C=O) groups excluding carboxylic acids is 3. The van der Waals surface area contributed by atoms with E-state index in [0.29, 0.717) is 16.8 Å². The topological polar surface area (TPSA) is 102 Å². The van der Waals surface area contributed by atoms with E-state index in [2.05, 4.69) is 15.0 Å². The highest BCUT2D eigenvalue weighted by Gasteiger charge is 2.26. The second-order valence-corrected chi connectivity index (χ2v) is 5.18. The minimum Gasteiger partial charge on any atom is -0.449 e. The molecule has 0 aliphatic heterocycles. The van der Waals surface area contributed by atoms with Gasteiger partial charge in [-0.3, -0.25) is 14.6 Å². The summed E-state index contributed by atoms with van der Waals surface area (Å²) in [5.41, 5.74) is 1.96. The first-order valence-corrected chi connectivity index (χ1v) is 7.04. The van der Waals surface area contributed by atoms with Gasteiger partial charge in [-0.25, -0.2) is 9.78 Å². The minimum atomic E-state index is -1.01. The van der Waals surface area contributed by atoms with Crippen LogP contribution in [0.5, 0.6) is 0 Å². The molecule has 1 N–H and O–H groups in total. The Morgan fingerprint density at radius 2 is 1.91 bits per heavy atom. The van der Waals surface area contributed by atoms with Crippen LogP contribution in [0.3, 0.4) is 0 Å². The molecule has 0 radical (unpaired) electrons. The first kappa shape index (κ1) is 16.5.